The van der Waals surface area contributed by atoms with E-state index in [1.807, 2.05) is 0 Å². The van der Waals surface area contributed by atoms with Crippen LogP contribution in [-0.4, -0.2) is 54.1 Å². The lowest BCUT2D eigenvalue weighted by atomic mass is 10.0. The number of piperidine rings is 1. The summed E-state index contributed by atoms with van der Waals surface area (Å²) in [6.45, 7) is 3.60. The molecule has 1 aliphatic rings. The Morgan fingerprint density at radius 1 is 1.12 bits per heavy atom. The quantitative estimate of drug-likeness (QED) is 0.259. The van der Waals surface area contributed by atoms with E-state index in [9.17, 15) is 5.11 Å². The fourth-order valence-corrected chi connectivity index (χ4v) is 5.62. The van der Waals surface area contributed by atoms with E-state index >= 15 is 4.39 Å². The number of hydrogen-bond acceptors (Lipinski definition) is 8. The first-order valence-electron chi connectivity index (χ1n) is 12.9. The van der Waals surface area contributed by atoms with Gasteiger partial charge in [0.05, 0.1) is 34.9 Å². The lowest BCUT2D eigenvalue weighted by Crippen LogP contribution is -2.35. The molecule has 0 aliphatic carbocycles. The van der Waals surface area contributed by atoms with Gasteiger partial charge in [0.25, 0.3) is 0 Å². The molecule has 3 aromatic heterocycles. The molecule has 1 N–H and O–H groups in total. The van der Waals surface area contributed by atoms with Crippen molar-refractivity contribution in [3.05, 3.63) is 71.7 Å². The lowest BCUT2D eigenvalue weighted by Gasteiger charge is -2.32. The van der Waals surface area contributed by atoms with Gasteiger partial charge in [-0.3, -0.25) is 9.88 Å². The van der Waals surface area contributed by atoms with E-state index in [0.29, 0.717) is 50.7 Å². The number of aliphatic hydroxyl groups excluding tert-OH is 1. The molecule has 0 spiro atoms. The highest BCUT2D eigenvalue weighted by Gasteiger charge is 2.27. The largest absolute Gasteiger partial charge is 0.424 e. The third-order valence-electron chi connectivity index (χ3n) is 7.20. The van der Waals surface area contributed by atoms with Gasteiger partial charge in [-0.1, -0.05) is 11.6 Å². The van der Waals surface area contributed by atoms with Gasteiger partial charge in [-0.25, -0.2) is 19.3 Å². The number of aromatic nitrogens is 5. The van der Waals surface area contributed by atoms with E-state index in [-0.39, 0.29) is 12.1 Å². The molecule has 1 aliphatic heterocycles. The molecular weight excluding hydrogens is 533 g/mol. The normalized spacial score (nSPS) is 15.4. The zero-order valence-electron chi connectivity index (χ0n) is 21.6. The summed E-state index contributed by atoms with van der Waals surface area (Å²) in [7, 11) is 0. The Hall–Kier alpha value is -4.17. The average Bonchev–Trinajstić information content (AvgIpc) is 3.35. The molecule has 0 bridgehead atoms. The van der Waals surface area contributed by atoms with Gasteiger partial charge in [-0.15, -0.1) is 0 Å². The summed E-state index contributed by atoms with van der Waals surface area (Å²) >= 11 is 6.63. The average molecular weight is 558 g/mol. The Bertz CT molecular complexity index is 1750. The summed E-state index contributed by atoms with van der Waals surface area (Å²) in [5.41, 5.74) is 2.69. The first-order valence-corrected chi connectivity index (χ1v) is 13.3. The van der Waals surface area contributed by atoms with Crippen molar-refractivity contribution in [1.82, 2.24) is 29.4 Å². The number of fused-ring (bicyclic) bond motifs is 3. The van der Waals surface area contributed by atoms with E-state index < -0.39 is 11.9 Å². The van der Waals surface area contributed by atoms with Crippen molar-refractivity contribution in [2.45, 2.75) is 31.9 Å². The number of likely N-dealkylation sites (tertiary alicyclic amines) is 1. The summed E-state index contributed by atoms with van der Waals surface area (Å²) in [5, 5.41) is 20.7. The lowest BCUT2D eigenvalue weighted by molar-refractivity contribution is 0.166. The van der Waals surface area contributed by atoms with Gasteiger partial charge >= 0.3 is 6.01 Å². The molecule has 11 heteroatoms. The number of nitriles is 1. The third-order valence-corrected chi connectivity index (χ3v) is 7.52. The summed E-state index contributed by atoms with van der Waals surface area (Å²) in [6, 6.07) is 12.3. The van der Waals surface area contributed by atoms with Crippen LogP contribution in [0.15, 0.2) is 55.0 Å². The number of aliphatic hydroxyl groups is 1. The van der Waals surface area contributed by atoms with Gasteiger partial charge in [-0.2, -0.15) is 5.26 Å². The predicted octanol–water partition coefficient (Wildman–Crippen LogP) is 5.84. The Labute approximate surface area is 234 Å². The van der Waals surface area contributed by atoms with Gasteiger partial charge in [0, 0.05) is 60.2 Å². The molecule has 1 saturated heterocycles. The summed E-state index contributed by atoms with van der Waals surface area (Å²) in [4.78, 5) is 19.4. The molecule has 4 heterocycles. The van der Waals surface area contributed by atoms with Crippen molar-refractivity contribution < 1.29 is 14.2 Å². The molecular formula is C29H25ClFN7O2. The predicted molar refractivity (Wildman–Crippen MR) is 149 cm³/mol. The maximum Gasteiger partial charge on any atom is 0.321 e. The molecule has 0 radical (unpaired) electrons. The van der Waals surface area contributed by atoms with E-state index in [1.165, 1.54) is 6.07 Å². The van der Waals surface area contributed by atoms with Crippen molar-refractivity contribution in [3.63, 3.8) is 0 Å². The topological polar surface area (TPSA) is 113 Å². The fourth-order valence-electron chi connectivity index (χ4n) is 5.34. The highest BCUT2D eigenvalue weighted by atomic mass is 35.5. The second-order valence-electron chi connectivity index (χ2n) is 9.80. The smallest absolute Gasteiger partial charge is 0.321 e. The van der Waals surface area contributed by atoms with Gasteiger partial charge in [0.2, 0.25) is 0 Å². The zero-order valence-corrected chi connectivity index (χ0v) is 22.4. The van der Waals surface area contributed by atoms with E-state index in [1.54, 1.807) is 55.8 Å². The summed E-state index contributed by atoms with van der Waals surface area (Å²) in [6.07, 6.45) is 5.54. The molecule has 1 unspecified atom stereocenters. The highest BCUT2D eigenvalue weighted by Crippen LogP contribution is 2.39. The number of imidazole rings is 1. The van der Waals surface area contributed by atoms with E-state index in [2.05, 4.69) is 30.5 Å². The van der Waals surface area contributed by atoms with Crippen molar-refractivity contribution in [2.75, 3.05) is 19.6 Å². The maximum atomic E-state index is 15.5. The number of ether oxygens (including phenoxy) is 1. The van der Waals surface area contributed by atoms with Crippen LogP contribution in [0.3, 0.4) is 0 Å². The SMILES string of the molecule is CC(O)c1nc2cnc3cc(F)c(-c4ccc(Oc5ncccn5)cc4Cl)cc3c2n1C1CCN(CC#N)CC1. The van der Waals surface area contributed by atoms with Crippen LogP contribution < -0.4 is 4.74 Å². The van der Waals surface area contributed by atoms with Gasteiger partial charge in [-0.05, 0) is 44.0 Å². The monoisotopic (exact) mass is 557 g/mol. The molecule has 0 saturated carbocycles. The van der Waals surface area contributed by atoms with Gasteiger partial charge in [0.15, 0.2) is 0 Å². The second kappa shape index (κ2) is 10.8. The third kappa shape index (κ3) is 4.84. The molecule has 1 atom stereocenters. The maximum absolute atomic E-state index is 15.5. The number of hydrogen-bond donors (Lipinski definition) is 1. The Morgan fingerprint density at radius 2 is 1.90 bits per heavy atom. The van der Waals surface area contributed by atoms with Crippen LogP contribution >= 0.6 is 11.6 Å². The minimum atomic E-state index is -0.810. The van der Waals surface area contributed by atoms with Crippen LogP contribution in [0, 0.1) is 17.1 Å². The Kier molecular flexibility index (Phi) is 7.02. The minimum absolute atomic E-state index is 0.0591. The van der Waals surface area contributed by atoms with Crippen LogP contribution in [0.2, 0.25) is 5.02 Å². The molecule has 40 heavy (non-hydrogen) atoms. The summed E-state index contributed by atoms with van der Waals surface area (Å²) < 4.78 is 23.2. The molecule has 5 aromatic rings. The van der Waals surface area contributed by atoms with Gasteiger partial charge < -0.3 is 14.4 Å². The summed E-state index contributed by atoms with van der Waals surface area (Å²) in [5.74, 6) is 0.497. The zero-order chi connectivity index (χ0) is 27.8. The number of benzene rings is 2. The van der Waals surface area contributed by atoms with Gasteiger partial charge in [0.1, 0.15) is 29.0 Å². The van der Waals surface area contributed by atoms with Crippen LogP contribution in [0.1, 0.15) is 37.7 Å². The molecule has 6 rings (SSSR count). The van der Waals surface area contributed by atoms with Crippen LogP contribution in [0.4, 0.5) is 4.39 Å². The highest BCUT2D eigenvalue weighted by molar-refractivity contribution is 6.33. The Morgan fingerprint density at radius 3 is 2.60 bits per heavy atom. The standard InChI is InChI=1S/C29H25ClFN7O2/c1-17(39)28-36-26-16-35-25-15-24(31)21(20-4-3-19(13-23(20)30)40-29-33-8-2-9-34-29)14-22(25)27(26)38(28)18-5-10-37(11-6-18)12-7-32/h2-4,8-9,13-18,39H,5-6,10-12H2,1H3. The first kappa shape index (κ1) is 26.1. The van der Waals surface area contributed by atoms with Crippen molar-refractivity contribution in [3.8, 4) is 29.0 Å². The second-order valence-corrected chi connectivity index (χ2v) is 10.2. The van der Waals surface area contributed by atoms with E-state index in [4.69, 9.17) is 26.6 Å². The number of pyridine rings is 1. The van der Waals surface area contributed by atoms with Crippen LogP contribution in [0.5, 0.6) is 11.8 Å². The number of halogens is 2. The number of rotatable bonds is 6. The van der Waals surface area contributed by atoms with Crippen molar-refractivity contribution in [1.29, 1.82) is 5.26 Å². The minimum Gasteiger partial charge on any atom is -0.424 e. The fraction of sp³-hybridized carbons (Fsp3) is 0.276. The van der Waals surface area contributed by atoms with Crippen LogP contribution in [0.25, 0.3) is 33.1 Å². The van der Waals surface area contributed by atoms with E-state index in [0.717, 1.165) is 31.4 Å². The van der Waals surface area contributed by atoms with Crippen molar-refractivity contribution >= 4 is 33.5 Å². The Balaban J connectivity index is 1.45. The first-order chi connectivity index (χ1) is 19.4. The number of nitrogens with zero attached hydrogens (tertiary/aromatic N) is 7. The molecule has 202 valence electrons. The molecule has 9 nitrogen and oxygen atoms in total. The van der Waals surface area contributed by atoms with Crippen LogP contribution in [-0.2, 0) is 0 Å². The van der Waals surface area contributed by atoms with Crippen molar-refractivity contribution in [2.24, 2.45) is 0 Å². The molecule has 1 fully saturated rings. The molecule has 0 amide bonds. The molecule has 2 aromatic carbocycles.